The molecule has 2 aromatic rings. The van der Waals surface area contributed by atoms with E-state index >= 15 is 0 Å². The number of benzene rings is 1. The molecule has 0 spiro atoms. The molecule has 1 aromatic heterocycles. The third-order valence-electron chi connectivity index (χ3n) is 3.66. The monoisotopic (exact) mass is 273 g/mol. The van der Waals surface area contributed by atoms with Crippen molar-refractivity contribution in [3.05, 3.63) is 47.3 Å². The average Bonchev–Trinajstić information content (AvgIpc) is 3.05. The lowest BCUT2D eigenvalue weighted by molar-refractivity contribution is 0.106. The minimum absolute atomic E-state index is 0.309. The summed E-state index contributed by atoms with van der Waals surface area (Å²) in [6, 6.07) is 8.04. The molecule has 0 N–H and O–H groups in total. The predicted octanol–water partition coefficient (Wildman–Crippen LogP) is 3.26. The van der Waals surface area contributed by atoms with E-state index in [2.05, 4.69) is 30.7 Å². The molecule has 4 heteroatoms. The van der Waals surface area contributed by atoms with E-state index in [9.17, 15) is 0 Å². The fraction of sp³-hybridized carbons (Fsp3) is 0.375. The van der Waals surface area contributed by atoms with E-state index in [4.69, 9.17) is 14.2 Å². The molecule has 1 aliphatic rings. The fourth-order valence-corrected chi connectivity index (χ4v) is 2.40. The molecule has 0 amide bonds. The minimum atomic E-state index is 0.309. The molecule has 0 aliphatic carbocycles. The van der Waals surface area contributed by atoms with Crippen molar-refractivity contribution in [2.45, 2.75) is 33.6 Å². The van der Waals surface area contributed by atoms with Crippen molar-refractivity contribution in [2.24, 2.45) is 0 Å². The Labute approximate surface area is 118 Å². The number of aromatic nitrogens is 1. The summed E-state index contributed by atoms with van der Waals surface area (Å²) in [7, 11) is 0. The Balaban J connectivity index is 1.58. The van der Waals surface area contributed by atoms with Gasteiger partial charge >= 0.3 is 0 Å². The van der Waals surface area contributed by atoms with E-state index in [1.807, 2.05) is 18.2 Å². The zero-order chi connectivity index (χ0) is 13.9. The average molecular weight is 273 g/mol. The van der Waals surface area contributed by atoms with E-state index < -0.39 is 0 Å². The summed E-state index contributed by atoms with van der Waals surface area (Å²) in [6.45, 7) is 6.78. The van der Waals surface area contributed by atoms with Crippen molar-refractivity contribution in [3.63, 3.8) is 0 Å². The van der Waals surface area contributed by atoms with Crippen molar-refractivity contribution < 1.29 is 14.2 Å². The number of ether oxygens (including phenoxy) is 3. The molecule has 0 saturated heterocycles. The number of aryl methyl sites for hydroxylation is 1. The third-order valence-corrected chi connectivity index (χ3v) is 3.66. The van der Waals surface area contributed by atoms with Crippen LogP contribution in [0.5, 0.6) is 11.5 Å². The van der Waals surface area contributed by atoms with Crippen LogP contribution >= 0.6 is 0 Å². The van der Waals surface area contributed by atoms with Crippen molar-refractivity contribution in [3.8, 4) is 11.5 Å². The first kappa shape index (κ1) is 13.1. The topological polar surface area (TPSA) is 32.6 Å². The summed E-state index contributed by atoms with van der Waals surface area (Å²) in [6.07, 6.45) is 2.11. The Morgan fingerprint density at radius 2 is 2.00 bits per heavy atom. The normalized spacial score (nSPS) is 12.9. The molecule has 0 unspecified atom stereocenters. The first-order valence-corrected chi connectivity index (χ1v) is 6.89. The molecule has 106 valence electrons. The number of hydrogen-bond acceptors (Lipinski definition) is 3. The molecule has 2 heterocycles. The molecule has 4 nitrogen and oxygen atoms in total. The molecule has 0 fully saturated rings. The van der Waals surface area contributed by atoms with Crippen molar-refractivity contribution >= 4 is 0 Å². The van der Waals surface area contributed by atoms with E-state index in [0.717, 1.165) is 23.6 Å². The van der Waals surface area contributed by atoms with Gasteiger partial charge in [0.1, 0.15) is 0 Å². The van der Waals surface area contributed by atoms with Crippen LogP contribution in [0.2, 0.25) is 0 Å². The zero-order valence-electron chi connectivity index (χ0n) is 11.9. The van der Waals surface area contributed by atoms with Gasteiger partial charge in [-0.2, -0.15) is 0 Å². The van der Waals surface area contributed by atoms with Crippen LogP contribution in [0.4, 0.5) is 0 Å². The highest BCUT2D eigenvalue weighted by Crippen LogP contribution is 2.32. The van der Waals surface area contributed by atoms with Crippen LogP contribution in [0.15, 0.2) is 30.5 Å². The second-order valence-electron chi connectivity index (χ2n) is 4.89. The van der Waals surface area contributed by atoms with Gasteiger partial charge in [0.05, 0.1) is 13.2 Å². The lowest BCUT2D eigenvalue weighted by Gasteiger charge is -2.07. The fourth-order valence-electron chi connectivity index (χ4n) is 2.40. The van der Waals surface area contributed by atoms with E-state index in [0.29, 0.717) is 20.0 Å². The second-order valence-corrected chi connectivity index (χ2v) is 4.89. The molecule has 0 saturated carbocycles. The summed E-state index contributed by atoms with van der Waals surface area (Å²) in [4.78, 5) is 0. The molecule has 1 aromatic carbocycles. The van der Waals surface area contributed by atoms with Gasteiger partial charge in [-0.3, -0.25) is 0 Å². The van der Waals surface area contributed by atoms with Gasteiger partial charge in [0.15, 0.2) is 11.5 Å². The number of rotatable bonds is 5. The van der Waals surface area contributed by atoms with Gasteiger partial charge in [-0.15, -0.1) is 0 Å². The molecular formula is C16H19NO3. The van der Waals surface area contributed by atoms with E-state index in [1.54, 1.807) is 0 Å². The van der Waals surface area contributed by atoms with Crippen LogP contribution in [0.25, 0.3) is 0 Å². The Bertz CT molecular complexity index is 604. The zero-order valence-corrected chi connectivity index (χ0v) is 11.9. The summed E-state index contributed by atoms with van der Waals surface area (Å²) in [5.41, 5.74) is 3.62. The van der Waals surface area contributed by atoms with E-state index in [-0.39, 0.29) is 0 Å². The maximum atomic E-state index is 5.79. The Morgan fingerprint density at radius 1 is 1.15 bits per heavy atom. The second kappa shape index (κ2) is 5.59. The summed E-state index contributed by atoms with van der Waals surface area (Å²) >= 11 is 0. The molecular weight excluding hydrogens is 254 g/mol. The third kappa shape index (κ3) is 2.51. The smallest absolute Gasteiger partial charge is 0.231 e. The molecule has 20 heavy (non-hydrogen) atoms. The number of nitrogens with zero attached hydrogens (tertiary/aromatic N) is 1. The SMILES string of the molecule is CCn1ccc(COCc2ccc3c(c2)OCO3)c1C. The van der Waals surface area contributed by atoms with Gasteiger partial charge in [0.2, 0.25) is 6.79 Å². The predicted molar refractivity (Wildman–Crippen MR) is 75.9 cm³/mol. The Morgan fingerprint density at radius 3 is 2.80 bits per heavy atom. The maximum Gasteiger partial charge on any atom is 0.231 e. The summed E-state index contributed by atoms with van der Waals surface area (Å²) in [5, 5.41) is 0. The van der Waals surface area contributed by atoms with Crippen molar-refractivity contribution in [1.29, 1.82) is 0 Å². The van der Waals surface area contributed by atoms with Crippen LogP contribution in [0.3, 0.4) is 0 Å². The molecule has 0 bridgehead atoms. The van der Waals surface area contributed by atoms with Crippen molar-refractivity contribution in [2.75, 3.05) is 6.79 Å². The Kier molecular flexibility index (Phi) is 3.65. The standard InChI is InChI=1S/C16H19NO3/c1-3-17-7-6-14(12(17)2)10-18-9-13-4-5-15-16(8-13)20-11-19-15/h4-8H,3,9-11H2,1-2H3. The highest BCUT2D eigenvalue weighted by molar-refractivity contribution is 5.44. The van der Waals surface area contributed by atoms with E-state index in [1.165, 1.54) is 11.3 Å². The largest absolute Gasteiger partial charge is 0.454 e. The number of hydrogen-bond donors (Lipinski definition) is 0. The molecule has 0 radical (unpaired) electrons. The highest BCUT2D eigenvalue weighted by atomic mass is 16.7. The quantitative estimate of drug-likeness (QED) is 0.838. The first-order valence-electron chi connectivity index (χ1n) is 6.89. The van der Waals surface area contributed by atoms with Crippen LogP contribution in [0.1, 0.15) is 23.7 Å². The van der Waals surface area contributed by atoms with Gasteiger partial charge in [-0.05, 0) is 43.2 Å². The Hall–Kier alpha value is -1.94. The van der Waals surface area contributed by atoms with Gasteiger partial charge in [0, 0.05) is 18.4 Å². The van der Waals surface area contributed by atoms with Crippen molar-refractivity contribution in [1.82, 2.24) is 4.57 Å². The summed E-state index contributed by atoms with van der Waals surface area (Å²) < 4.78 is 18.7. The summed E-state index contributed by atoms with van der Waals surface area (Å²) in [5.74, 6) is 1.61. The van der Waals surface area contributed by atoms with Crippen LogP contribution in [-0.4, -0.2) is 11.4 Å². The van der Waals surface area contributed by atoms with Crippen LogP contribution < -0.4 is 9.47 Å². The maximum absolute atomic E-state index is 5.79. The van der Waals surface area contributed by atoms with Gasteiger partial charge in [0.25, 0.3) is 0 Å². The highest BCUT2D eigenvalue weighted by Gasteiger charge is 2.13. The van der Waals surface area contributed by atoms with Crippen LogP contribution in [0, 0.1) is 6.92 Å². The molecule has 0 atom stereocenters. The van der Waals surface area contributed by atoms with Gasteiger partial charge < -0.3 is 18.8 Å². The molecule has 1 aliphatic heterocycles. The molecule has 3 rings (SSSR count). The van der Waals surface area contributed by atoms with Gasteiger partial charge in [-0.1, -0.05) is 6.07 Å². The lowest BCUT2D eigenvalue weighted by atomic mass is 10.2. The van der Waals surface area contributed by atoms with Gasteiger partial charge in [-0.25, -0.2) is 0 Å². The minimum Gasteiger partial charge on any atom is -0.454 e. The first-order chi connectivity index (χ1) is 9.78. The number of fused-ring (bicyclic) bond motifs is 1. The van der Waals surface area contributed by atoms with Crippen LogP contribution in [-0.2, 0) is 24.5 Å². The lowest BCUT2D eigenvalue weighted by Crippen LogP contribution is -1.99.